The van der Waals surface area contributed by atoms with Gasteiger partial charge in [-0.1, -0.05) is 0 Å². The lowest BCUT2D eigenvalue weighted by atomic mass is 9.72. The van der Waals surface area contributed by atoms with Crippen molar-refractivity contribution in [2.45, 2.75) is 32.3 Å². The number of aromatic nitrogens is 1. The molecule has 4 rings (SSSR count). The lowest BCUT2D eigenvalue weighted by molar-refractivity contribution is -0.138. The third-order valence-electron chi connectivity index (χ3n) is 6.49. The van der Waals surface area contributed by atoms with Crippen molar-refractivity contribution in [2.75, 3.05) is 46.0 Å². The Kier molecular flexibility index (Phi) is 5.92. The van der Waals surface area contributed by atoms with E-state index in [0.29, 0.717) is 38.6 Å². The molecule has 2 amide bonds. The standard InChI is InChI=1S/C21H29N3O4/c25-19-2-1-9-23(19)13-20(26)24-12-18(21(16-24)5-10-27-11-6-21)15-28-14-17-3-7-22-8-4-17/h3-4,7-8,18H,1-2,5-6,9-16H2/t18-/m1/s1. The summed E-state index contributed by atoms with van der Waals surface area (Å²) in [6.07, 6.45) is 6.90. The first-order valence-corrected chi connectivity index (χ1v) is 10.3. The highest BCUT2D eigenvalue weighted by Gasteiger charge is 2.48. The quantitative estimate of drug-likeness (QED) is 0.739. The van der Waals surface area contributed by atoms with E-state index in [1.165, 1.54) is 0 Å². The SMILES string of the molecule is O=C1CCCN1CC(=O)N1C[C@H](COCc2ccncc2)C2(CCOCC2)C1. The predicted octanol–water partition coefficient (Wildman–Crippen LogP) is 1.48. The summed E-state index contributed by atoms with van der Waals surface area (Å²) in [5, 5.41) is 0. The summed E-state index contributed by atoms with van der Waals surface area (Å²) < 4.78 is 11.6. The Hall–Kier alpha value is -1.99. The van der Waals surface area contributed by atoms with Crippen molar-refractivity contribution in [3.63, 3.8) is 0 Å². The van der Waals surface area contributed by atoms with Gasteiger partial charge in [0.1, 0.15) is 0 Å². The van der Waals surface area contributed by atoms with Gasteiger partial charge in [0.2, 0.25) is 11.8 Å². The zero-order valence-electron chi connectivity index (χ0n) is 16.3. The Morgan fingerprint density at radius 1 is 1.29 bits per heavy atom. The fraction of sp³-hybridized carbons (Fsp3) is 0.667. The van der Waals surface area contributed by atoms with Gasteiger partial charge in [-0.15, -0.1) is 0 Å². The molecule has 3 aliphatic rings. The molecule has 0 unspecified atom stereocenters. The van der Waals surface area contributed by atoms with Crippen LogP contribution in [0.3, 0.4) is 0 Å². The second-order valence-corrected chi connectivity index (χ2v) is 8.24. The Bertz CT molecular complexity index is 690. The molecule has 1 aromatic rings. The van der Waals surface area contributed by atoms with Gasteiger partial charge in [0.15, 0.2) is 0 Å². The Balaban J connectivity index is 1.37. The number of pyridine rings is 1. The van der Waals surface area contributed by atoms with Gasteiger partial charge in [0, 0.05) is 57.6 Å². The Morgan fingerprint density at radius 3 is 2.79 bits per heavy atom. The molecule has 7 heteroatoms. The molecule has 0 aliphatic carbocycles. The van der Waals surface area contributed by atoms with Crippen molar-refractivity contribution in [2.24, 2.45) is 11.3 Å². The molecule has 28 heavy (non-hydrogen) atoms. The zero-order chi connectivity index (χ0) is 19.4. The van der Waals surface area contributed by atoms with Crippen LogP contribution >= 0.6 is 0 Å². The van der Waals surface area contributed by atoms with Crippen molar-refractivity contribution in [1.82, 2.24) is 14.8 Å². The lowest BCUT2D eigenvalue weighted by Crippen LogP contribution is -2.41. The molecular formula is C21H29N3O4. The maximum atomic E-state index is 12.9. The third-order valence-corrected chi connectivity index (χ3v) is 6.49. The monoisotopic (exact) mass is 387 g/mol. The molecule has 1 atom stereocenters. The first-order valence-electron chi connectivity index (χ1n) is 10.3. The highest BCUT2D eigenvalue weighted by atomic mass is 16.5. The smallest absolute Gasteiger partial charge is 0.242 e. The van der Waals surface area contributed by atoms with E-state index in [1.54, 1.807) is 17.3 Å². The second kappa shape index (κ2) is 8.57. The van der Waals surface area contributed by atoms with Crippen LogP contribution < -0.4 is 0 Å². The van der Waals surface area contributed by atoms with Gasteiger partial charge in [0.05, 0.1) is 19.8 Å². The molecule has 3 aliphatic heterocycles. The van der Waals surface area contributed by atoms with Crippen LogP contribution in [0.2, 0.25) is 0 Å². The van der Waals surface area contributed by atoms with E-state index in [1.807, 2.05) is 17.0 Å². The van der Waals surface area contributed by atoms with E-state index in [2.05, 4.69) is 4.98 Å². The van der Waals surface area contributed by atoms with Gasteiger partial charge >= 0.3 is 0 Å². The average Bonchev–Trinajstić information content (AvgIpc) is 3.27. The maximum absolute atomic E-state index is 12.9. The number of rotatable bonds is 6. The number of nitrogens with zero attached hydrogens (tertiary/aromatic N) is 3. The summed E-state index contributed by atoms with van der Waals surface area (Å²) in [5.41, 5.74) is 1.18. The van der Waals surface area contributed by atoms with Gasteiger partial charge in [-0.05, 0) is 42.4 Å². The summed E-state index contributed by atoms with van der Waals surface area (Å²) in [6.45, 7) is 5.06. The molecule has 7 nitrogen and oxygen atoms in total. The predicted molar refractivity (Wildman–Crippen MR) is 102 cm³/mol. The van der Waals surface area contributed by atoms with Crippen molar-refractivity contribution >= 4 is 11.8 Å². The Morgan fingerprint density at radius 2 is 2.07 bits per heavy atom. The van der Waals surface area contributed by atoms with Crippen LogP contribution in [0, 0.1) is 11.3 Å². The van der Waals surface area contributed by atoms with Crippen molar-refractivity contribution in [1.29, 1.82) is 0 Å². The van der Waals surface area contributed by atoms with Crippen LogP contribution in [0.15, 0.2) is 24.5 Å². The minimum Gasteiger partial charge on any atom is -0.381 e. The van der Waals surface area contributed by atoms with Crippen LogP contribution in [0.4, 0.5) is 0 Å². The van der Waals surface area contributed by atoms with Crippen molar-refractivity contribution in [3.8, 4) is 0 Å². The van der Waals surface area contributed by atoms with Gasteiger partial charge in [-0.3, -0.25) is 14.6 Å². The van der Waals surface area contributed by atoms with Crippen LogP contribution in [-0.2, 0) is 25.7 Å². The maximum Gasteiger partial charge on any atom is 0.242 e. The van der Waals surface area contributed by atoms with Crippen molar-refractivity contribution < 1.29 is 19.1 Å². The average molecular weight is 387 g/mol. The molecule has 1 spiro atoms. The number of carbonyl (C=O) groups excluding carboxylic acids is 2. The fourth-order valence-corrected chi connectivity index (χ4v) is 4.73. The van der Waals surface area contributed by atoms with Crippen LogP contribution in [-0.4, -0.2) is 72.6 Å². The van der Waals surface area contributed by atoms with Crippen LogP contribution in [0.1, 0.15) is 31.2 Å². The van der Waals surface area contributed by atoms with Gasteiger partial charge in [0.25, 0.3) is 0 Å². The molecule has 3 saturated heterocycles. The number of hydrogen-bond acceptors (Lipinski definition) is 5. The van der Waals surface area contributed by atoms with E-state index in [4.69, 9.17) is 9.47 Å². The molecular weight excluding hydrogens is 358 g/mol. The number of hydrogen-bond donors (Lipinski definition) is 0. The van der Waals surface area contributed by atoms with Gasteiger partial charge in [-0.2, -0.15) is 0 Å². The largest absolute Gasteiger partial charge is 0.381 e. The third kappa shape index (κ3) is 4.20. The van der Waals surface area contributed by atoms with E-state index in [9.17, 15) is 9.59 Å². The first-order chi connectivity index (χ1) is 13.7. The summed E-state index contributed by atoms with van der Waals surface area (Å²) in [7, 11) is 0. The van der Waals surface area contributed by atoms with Gasteiger partial charge in [-0.25, -0.2) is 0 Å². The zero-order valence-corrected chi connectivity index (χ0v) is 16.3. The topological polar surface area (TPSA) is 72.0 Å². The molecule has 1 aromatic heterocycles. The first kappa shape index (κ1) is 19.3. The molecule has 0 N–H and O–H groups in total. The highest BCUT2D eigenvalue weighted by Crippen LogP contribution is 2.44. The minimum atomic E-state index is 0.0674. The molecule has 3 fully saturated rings. The molecule has 4 heterocycles. The molecule has 152 valence electrons. The fourth-order valence-electron chi connectivity index (χ4n) is 4.73. The van der Waals surface area contributed by atoms with E-state index in [0.717, 1.165) is 44.6 Å². The number of carbonyl (C=O) groups is 2. The van der Waals surface area contributed by atoms with Crippen LogP contribution in [0.5, 0.6) is 0 Å². The second-order valence-electron chi connectivity index (χ2n) is 8.24. The lowest BCUT2D eigenvalue weighted by Gasteiger charge is -2.37. The van der Waals surface area contributed by atoms with Crippen molar-refractivity contribution in [3.05, 3.63) is 30.1 Å². The molecule has 0 bridgehead atoms. The molecule has 0 aromatic carbocycles. The number of amides is 2. The van der Waals surface area contributed by atoms with E-state index < -0.39 is 0 Å². The number of ether oxygens (including phenoxy) is 2. The molecule has 0 radical (unpaired) electrons. The summed E-state index contributed by atoms with van der Waals surface area (Å²) in [4.78, 5) is 32.4. The van der Waals surface area contributed by atoms with Crippen LogP contribution in [0.25, 0.3) is 0 Å². The summed E-state index contributed by atoms with van der Waals surface area (Å²) >= 11 is 0. The van der Waals surface area contributed by atoms with E-state index >= 15 is 0 Å². The molecule has 0 saturated carbocycles. The Labute approximate surface area is 166 Å². The van der Waals surface area contributed by atoms with E-state index in [-0.39, 0.29) is 23.8 Å². The highest BCUT2D eigenvalue weighted by molar-refractivity contribution is 5.86. The summed E-state index contributed by atoms with van der Waals surface area (Å²) in [5.74, 6) is 0.472. The normalized spacial score (nSPS) is 24.3. The number of likely N-dealkylation sites (tertiary alicyclic amines) is 2. The van der Waals surface area contributed by atoms with Gasteiger partial charge < -0.3 is 19.3 Å². The minimum absolute atomic E-state index is 0.0674. The summed E-state index contributed by atoms with van der Waals surface area (Å²) in [6, 6.07) is 3.92.